The minimum Gasteiger partial charge on any atom is -0.379 e. The van der Waals surface area contributed by atoms with Crippen LogP contribution in [-0.4, -0.2) is 78.7 Å². The average molecular weight is 507 g/mol. The second kappa shape index (κ2) is 10.9. The van der Waals surface area contributed by atoms with Gasteiger partial charge < -0.3 is 4.74 Å². The third kappa shape index (κ3) is 5.57. The van der Waals surface area contributed by atoms with Gasteiger partial charge in [0.2, 0.25) is 10.0 Å². The number of fused-ring (bicyclic) bond motifs is 1. The molecule has 12 heteroatoms. The summed E-state index contributed by atoms with van der Waals surface area (Å²) < 4.78 is 34.9. The van der Waals surface area contributed by atoms with Crippen molar-refractivity contribution in [3.8, 4) is 5.69 Å². The third-order valence-corrected chi connectivity index (χ3v) is 7.24. The summed E-state index contributed by atoms with van der Waals surface area (Å²) in [5.74, 6) is 0.516. The zero-order valence-electron chi connectivity index (χ0n) is 19.5. The summed E-state index contributed by atoms with van der Waals surface area (Å²) >= 11 is 0. The fourth-order valence-corrected chi connectivity index (χ4v) is 4.86. The first-order valence-corrected chi connectivity index (χ1v) is 13.0. The highest BCUT2D eigenvalue weighted by molar-refractivity contribution is 7.89. The molecule has 186 valence electrons. The maximum atomic E-state index is 12.6. The highest BCUT2D eigenvalue weighted by atomic mass is 32.2. The molecule has 2 N–H and O–H groups in total. The number of rotatable bonds is 9. The Morgan fingerprint density at radius 2 is 1.81 bits per heavy atom. The molecule has 0 aliphatic carbocycles. The van der Waals surface area contributed by atoms with E-state index in [4.69, 9.17) is 4.74 Å². The number of nitrogens with zero attached hydrogens (tertiary/aromatic N) is 6. The molecule has 1 saturated heterocycles. The van der Waals surface area contributed by atoms with Gasteiger partial charge in [-0.1, -0.05) is 30.3 Å². The van der Waals surface area contributed by atoms with E-state index < -0.39 is 10.0 Å². The Balaban J connectivity index is 1.21. The molecule has 0 unspecified atom stereocenters. The molecular weight excluding hydrogens is 480 g/mol. The highest BCUT2D eigenvalue weighted by Crippen LogP contribution is 2.21. The van der Waals surface area contributed by atoms with Crippen LogP contribution in [0.2, 0.25) is 0 Å². The maximum Gasteiger partial charge on any atom is 0.240 e. The van der Waals surface area contributed by atoms with Crippen LogP contribution in [0, 0.1) is 0 Å². The first-order valence-electron chi connectivity index (χ1n) is 11.5. The molecule has 36 heavy (non-hydrogen) atoms. The highest BCUT2D eigenvalue weighted by Gasteiger charge is 2.15. The molecule has 0 bridgehead atoms. The molecular formula is C24H26N8O3S. The van der Waals surface area contributed by atoms with Crippen LogP contribution in [0.1, 0.15) is 5.56 Å². The molecule has 0 saturated carbocycles. The van der Waals surface area contributed by atoms with Gasteiger partial charge >= 0.3 is 0 Å². The van der Waals surface area contributed by atoms with Crippen LogP contribution in [0.25, 0.3) is 16.7 Å². The summed E-state index contributed by atoms with van der Waals surface area (Å²) in [5, 5.41) is 9.40. The number of ether oxygens (including phenoxy) is 1. The Hall–Kier alpha value is -3.71. The molecule has 0 radical (unpaired) electrons. The summed E-state index contributed by atoms with van der Waals surface area (Å²) in [4.78, 5) is 11.0. The number of benzene rings is 2. The van der Waals surface area contributed by atoms with E-state index in [2.05, 4.69) is 35.2 Å². The van der Waals surface area contributed by atoms with E-state index in [1.165, 1.54) is 6.33 Å². The molecule has 4 aromatic rings. The van der Waals surface area contributed by atoms with Gasteiger partial charge in [0, 0.05) is 26.2 Å². The topological polar surface area (TPSA) is 127 Å². The van der Waals surface area contributed by atoms with Gasteiger partial charge in [0.15, 0.2) is 11.5 Å². The quantitative estimate of drug-likeness (QED) is 0.260. The number of aromatic nitrogens is 4. The summed E-state index contributed by atoms with van der Waals surface area (Å²) in [5.41, 5.74) is 5.21. The van der Waals surface area contributed by atoms with Crippen molar-refractivity contribution in [1.82, 2.24) is 29.4 Å². The predicted molar refractivity (Wildman–Crippen MR) is 137 cm³/mol. The van der Waals surface area contributed by atoms with Crippen LogP contribution < -0.4 is 10.1 Å². The molecule has 3 heterocycles. The van der Waals surface area contributed by atoms with Crippen molar-refractivity contribution in [2.75, 3.05) is 44.8 Å². The predicted octanol–water partition coefficient (Wildman–Crippen LogP) is 1.87. The number of sulfonamides is 1. The lowest BCUT2D eigenvalue weighted by Gasteiger charge is -2.26. The summed E-state index contributed by atoms with van der Waals surface area (Å²) in [6.45, 7) is 4.01. The lowest BCUT2D eigenvalue weighted by Crippen LogP contribution is -2.41. The van der Waals surface area contributed by atoms with Gasteiger partial charge in [-0.2, -0.15) is 10.2 Å². The van der Waals surface area contributed by atoms with Crippen molar-refractivity contribution in [3.05, 3.63) is 72.7 Å². The van der Waals surface area contributed by atoms with E-state index in [1.54, 1.807) is 41.4 Å². The Labute approximate surface area is 208 Å². The number of hydrogen-bond donors (Lipinski definition) is 2. The van der Waals surface area contributed by atoms with Crippen molar-refractivity contribution >= 4 is 33.1 Å². The van der Waals surface area contributed by atoms with Crippen LogP contribution in [0.15, 0.2) is 77.1 Å². The number of morpholine rings is 1. The van der Waals surface area contributed by atoms with Crippen LogP contribution in [-0.2, 0) is 14.8 Å². The number of hydrogen-bond acceptors (Lipinski definition) is 9. The average Bonchev–Trinajstić information content (AvgIpc) is 3.35. The SMILES string of the molecule is O=S(=O)(NCCN1CCOCC1)c1ccc(/C=N\Nc2ncnc3c2cnn3-c2ccccc2)cc1. The minimum atomic E-state index is -3.58. The van der Waals surface area contributed by atoms with E-state index in [-0.39, 0.29) is 4.90 Å². The van der Waals surface area contributed by atoms with Crippen molar-refractivity contribution in [3.63, 3.8) is 0 Å². The molecule has 0 spiro atoms. The molecule has 5 rings (SSSR count). The monoisotopic (exact) mass is 506 g/mol. The van der Waals surface area contributed by atoms with Crippen molar-refractivity contribution in [2.24, 2.45) is 5.10 Å². The van der Waals surface area contributed by atoms with Crippen molar-refractivity contribution < 1.29 is 13.2 Å². The molecule has 0 amide bonds. The van der Waals surface area contributed by atoms with E-state index in [1.807, 2.05) is 30.3 Å². The van der Waals surface area contributed by atoms with Crippen molar-refractivity contribution in [1.29, 1.82) is 0 Å². The standard InChI is InChI=1S/C24H26N8O3S/c33-36(34,29-10-11-31-12-14-35-15-13-31)21-8-6-19(7-9-21)16-27-30-23-22-17-28-32(24(22)26-18-25-23)20-4-2-1-3-5-20/h1-9,16-18,29H,10-15H2,(H,25,26,30)/b27-16-. The number of hydrazone groups is 1. The molecule has 1 fully saturated rings. The minimum absolute atomic E-state index is 0.209. The zero-order valence-corrected chi connectivity index (χ0v) is 20.3. The first kappa shape index (κ1) is 24.0. The normalized spacial score (nSPS) is 15.0. The lowest BCUT2D eigenvalue weighted by molar-refractivity contribution is 0.0390. The van der Waals surface area contributed by atoms with E-state index in [0.29, 0.717) is 37.8 Å². The fraction of sp³-hybridized carbons (Fsp3) is 0.250. The summed E-state index contributed by atoms with van der Waals surface area (Å²) in [6.07, 6.45) is 4.73. The smallest absolute Gasteiger partial charge is 0.240 e. The molecule has 0 atom stereocenters. The van der Waals surface area contributed by atoms with Gasteiger partial charge in [-0.15, -0.1) is 0 Å². The summed E-state index contributed by atoms with van der Waals surface area (Å²) in [7, 11) is -3.58. The largest absolute Gasteiger partial charge is 0.379 e. The van der Waals surface area contributed by atoms with Crippen LogP contribution in [0.5, 0.6) is 0 Å². The number of nitrogens with one attached hydrogen (secondary N) is 2. The second-order valence-corrected chi connectivity index (χ2v) is 9.91. The molecule has 2 aromatic carbocycles. The van der Waals surface area contributed by atoms with Crippen LogP contribution >= 0.6 is 0 Å². The Bertz CT molecular complexity index is 1430. The third-order valence-electron chi connectivity index (χ3n) is 5.76. The molecule has 1 aliphatic rings. The van der Waals surface area contributed by atoms with E-state index in [9.17, 15) is 8.42 Å². The maximum absolute atomic E-state index is 12.6. The second-order valence-electron chi connectivity index (χ2n) is 8.14. The van der Waals surface area contributed by atoms with Crippen LogP contribution in [0.3, 0.4) is 0 Å². The molecule has 2 aromatic heterocycles. The zero-order chi connectivity index (χ0) is 24.8. The van der Waals surface area contributed by atoms with E-state index in [0.717, 1.165) is 29.7 Å². The lowest BCUT2D eigenvalue weighted by atomic mass is 10.2. The molecule has 1 aliphatic heterocycles. The number of para-hydroxylation sites is 1. The molecule has 11 nitrogen and oxygen atoms in total. The Morgan fingerprint density at radius 1 is 1.03 bits per heavy atom. The first-order chi connectivity index (χ1) is 17.6. The van der Waals surface area contributed by atoms with Gasteiger partial charge in [0.1, 0.15) is 6.33 Å². The van der Waals surface area contributed by atoms with E-state index >= 15 is 0 Å². The van der Waals surface area contributed by atoms with Gasteiger partial charge in [-0.3, -0.25) is 10.3 Å². The van der Waals surface area contributed by atoms with Gasteiger partial charge in [0.05, 0.1) is 41.6 Å². The van der Waals surface area contributed by atoms with Crippen molar-refractivity contribution in [2.45, 2.75) is 4.90 Å². The van der Waals surface area contributed by atoms with Gasteiger partial charge in [-0.05, 0) is 29.8 Å². The Morgan fingerprint density at radius 3 is 2.58 bits per heavy atom. The van der Waals surface area contributed by atoms with Crippen LogP contribution in [0.4, 0.5) is 5.82 Å². The van der Waals surface area contributed by atoms with Gasteiger partial charge in [-0.25, -0.2) is 27.8 Å². The summed E-state index contributed by atoms with van der Waals surface area (Å²) in [6, 6.07) is 16.2. The Kier molecular flexibility index (Phi) is 7.28. The number of anilines is 1. The fourth-order valence-electron chi connectivity index (χ4n) is 3.84. The van der Waals surface area contributed by atoms with Gasteiger partial charge in [0.25, 0.3) is 0 Å².